The number of carbonyl (C=O) groups is 1. The topological polar surface area (TPSA) is 79.6 Å². The maximum atomic E-state index is 12.4. The predicted octanol–water partition coefficient (Wildman–Crippen LogP) is 2.15. The number of amides is 2. The Morgan fingerprint density at radius 1 is 1.35 bits per heavy atom. The van der Waals surface area contributed by atoms with E-state index in [4.69, 9.17) is 4.42 Å². The van der Waals surface area contributed by atoms with Gasteiger partial charge in [0.05, 0.1) is 17.3 Å². The van der Waals surface area contributed by atoms with Crippen molar-refractivity contribution in [2.24, 2.45) is 0 Å². The summed E-state index contributed by atoms with van der Waals surface area (Å²) < 4.78 is 29.2. The number of urea groups is 1. The van der Waals surface area contributed by atoms with Crippen LogP contribution in [0.3, 0.4) is 0 Å². The Hall–Kier alpha value is -2.02. The van der Waals surface area contributed by atoms with Crippen molar-refractivity contribution in [3.8, 4) is 0 Å². The number of furan rings is 1. The van der Waals surface area contributed by atoms with Gasteiger partial charge in [-0.2, -0.15) is 0 Å². The van der Waals surface area contributed by atoms with E-state index in [0.29, 0.717) is 6.54 Å². The molecule has 2 aromatic rings. The number of carbonyl (C=O) groups excluding carboxylic acids is 1. The summed E-state index contributed by atoms with van der Waals surface area (Å²) in [6, 6.07) is 7.05. The zero-order chi connectivity index (χ0) is 16.6. The van der Waals surface area contributed by atoms with Crippen LogP contribution in [0.25, 0.3) is 11.0 Å². The Morgan fingerprint density at radius 3 is 2.87 bits per heavy atom. The number of fused-ring (bicyclic) bond motifs is 1. The molecule has 0 bridgehead atoms. The van der Waals surface area contributed by atoms with Crippen LogP contribution in [0.4, 0.5) is 4.79 Å². The molecule has 6 nitrogen and oxygen atoms in total. The summed E-state index contributed by atoms with van der Waals surface area (Å²) in [5.74, 6) is 0.0145. The smallest absolute Gasteiger partial charge is 0.317 e. The molecule has 2 amide bonds. The molecule has 0 radical (unpaired) electrons. The van der Waals surface area contributed by atoms with Crippen molar-refractivity contribution < 1.29 is 17.6 Å². The molecule has 1 N–H and O–H groups in total. The lowest BCUT2D eigenvalue weighted by Gasteiger charge is -2.37. The predicted molar refractivity (Wildman–Crippen MR) is 87.9 cm³/mol. The zero-order valence-electron chi connectivity index (χ0n) is 13.2. The zero-order valence-corrected chi connectivity index (χ0v) is 14.0. The first-order valence-corrected chi connectivity index (χ1v) is 9.33. The van der Waals surface area contributed by atoms with Crippen molar-refractivity contribution in [3.63, 3.8) is 0 Å². The molecule has 7 heteroatoms. The molecule has 1 saturated heterocycles. The van der Waals surface area contributed by atoms with Crippen LogP contribution in [0.5, 0.6) is 0 Å². The summed E-state index contributed by atoms with van der Waals surface area (Å²) in [7, 11) is -3.10. The highest BCUT2D eigenvalue weighted by Gasteiger charge is 2.37. The van der Waals surface area contributed by atoms with Crippen molar-refractivity contribution in [2.45, 2.75) is 31.7 Å². The Kier molecular flexibility index (Phi) is 4.06. The normalized spacial score (nSPS) is 23.8. The van der Waals surface area contributed by atoms with Crippen LogP contribution in [0, 0.1) is 0 Å². The summed E-state index contributed by atoms with van der Waals surface area (Å²) in [6.07, 6.45) is 1.64. The Morgan fingerprint density at radius 2 is 2.09 bits per heavy atom. The van der Waals surface area contributed by atoms with E-state index in [9.17, 15) is 13.2 Å². The van der Waals surface area contributed by atoms with Crippen LogP contribution in [0.1, 0.15) is 19.4 Å². The van der Waals surface area contributed by atoms with E-state index in [1.165, 1.54) is 0 Å². The standard InChI is InChI=1S/C16H20N2O4S/c1-11-12(2)23(20,21)8-7-18(11)16(19)17-9-13-10-22-15-6-4-3-5-14(13)15/h3-6,10-12H,7-9H2,1-2H3,(H,17,19)/t11-,12-/m1/s1. The van der Waals surface area contributed by atoms with Gasteiger partial charge in [0.15, 0.2) is 9.84 Å². The van der Waals surface area contributed by atoms with Gasteiger partial charge < -0.3 is 14.6 Å². The fourth-order valence-corrected chi connectivity index (χ4v) is 4.47. The summed E-state index contributed by atoms with van der Waals surface area (Å²) in [5, 5.41) is 3.28. The number of hydrogen-bond donors (Lipinski definition) is 1. The van der Waals surface area contributed by atoms with Crippen molar-refractivity contribution >= 4 is 26.8 Å². The lowest BCUT2D eigenvalue weighted by Crippen LogP contribution is -2.56. The summed E-state index contributed by atoms with van der Waals surface area (Å²) >= 11 is 0. The molecular formula is C16H20N2O4S. The number of sulfone groups is 1. The second kappa shape index (κ2) is 5.88. The van der Waals surface area contributed by atoms with Crippen LogP contribution in [0.2, 0.25) is 0 Å². The van der Waals surface area contributed by atoms with Gasteiger partial charge >= 0.3 is 6.03 Å². The Balaban J connectivity index is 1.68. The van der Waals surface area contributed by atoms with Crippen LogP contribution in [-0.4, -0.2) is 42.9 Å². The first-order valence-electron chi connectivity index (χ1n) is 7.61. The van der Waals surface area contributed by atoms with E-state index in [1.54, 1.807) is 25.0 Å². The van der Waals surface area contributed by atoms with E-state index < -0.39 is 15.1 Å². The molecule has 1 fully saturated rings. The quantitative estimate of drug-likeness (QED) is 0.911. The van der Waals surface area contributed by atoms with Gasteiger partial charge in [-0.25, -0.2) is 13.2 Å². The second-order valence-corrected chi connectivity index (χ2v) is 8.40. The molecule has 0 saturated carbocycles. The molecule has 1 aromatic heterocycles. The minimum Gasteiger partial charge on any atom is -0.464 e. The first-order chi connectivity index (χ1) is 10.9. The Labute approximate surface area is 135 Å². The molecule has 23 heavy (non-hydrogen) atoms. The molecule has 0 spiro atoms. The SMILES string of the molecule is C[C@@H]1[C@@H](C)S(=O)(=O)CCN1C(=O)NCc1coc2ccccc12. The van der Waals surface area contributed by atoms with Gasteiger partial charge in [0.25, 0.3) is 0 Å². The largest absolute Gasteiger partial charge is 0.464 e. The fourth-order valence-electron chi connectivity index (χ4n) is 2.90. The average Bonchev–Trinajstić information content (AvgIpc) is 2.94. The van der Waals surface area contributed by atoms with Crippen LogP contribution < -0.4 is 5.32 Å². The van der Waals surface area contributed by atoms with Gasteiger partial charge in [0.2, 0.25) is 0 Å². The maximum absolute atomic E-state index is 12.4. The number of hydrogen-bond acceptors (Lipinski definition) is 4. The number of para-hydroxylation sites is 1. The number of benzene rings is 1. The first kappa shape index (κ1) is 15.9. The molecule has 124 valence electrons. The van der Waals surface area contributed by atoms with Crippen LogP contribution in [0.15, 0.2) is 34.9 Å². The molecule has 2 atom stereocenters. The molecule has 0 unspecified atom stereocenters. The van der Waals surface area contributed by atoms with Gasteiger partial charge in [0, 0.05) is 30.1 Å². The second-order valence-electron chi connectivity index (χ2n) is 5.92. The van der Waals surface area contributed by atoms with E-state index in [-0.39, 0.29) is 24.4 Å². The lowest BCUT2D eigenvalue weighted by molar-refractivity contribution is 0.177. The summed E-state index contributed by atoms with van der Waals surface area (Å²) in [5.41, 5.74) is 1.68. The van der Waals surface area contributed by atoms with Gasteiger partial charge in [-0.3, -0.25) is 0 Å². The number of rotatable bonds is 2. The molecule has 1 aliphatic rings. The third-order valence-electron chi connectivity index (χ3n) is 4.61. The Bertz CT molecular complexity index is 827. The monoisotopic (exact) mass is 336 g/mol. The van der Waals surface area contributed by atoms with Gasteiger partial charge in [-0.15, -0.1) is 0 Å². The highest BCUT2D eigenvalue weighted by molar-refractivity contribution is 7.92. The highest BCUT2D eigenvalue weighted by atomic mass is 32.2. The lowest BCUT2D eigenvalue weighted by atomic mass is 10.2. The molecule has 1 aliphatic heterocycles. The van der Waals surface area contributed by atoms with Crippen LogP contribution >= 0.6 is 0 Å². The average molecular weight is 336 g/mol. The van der Waals surface area contributed by atoms with Crippen molar-refractivity contribution in [1.29, 1.82) is 0 Å². The number of nitrogens with one attached hydrogen (secondary N) is 1. The minimum absolute atomic E-state index is 0.0145. The molecular weight excluding hydrogens is 316 g/mol. The van der Waals surface area contributed by atoms with Gasteiger partial charge in [-0.1, -0.05) is 18.2 Å². The maximum Gasteiger partial charge on any atom is 0.317 e. The molecule has 2 heterocycles. The minimum atomic E-state index is -3.10. The fraction of sp³-hybridized carbons (Fsp3) is 0.438. The molecule has 0 aliphatic carbocycles. The van der Waals surface area contributed by atoms with E-state index in [0.717, 1.165) is 16.5 Å². The number of nitrogens with zero attached hydrogens (tertiary/aromatic N) is 1. The van der Waals surface area contributed by atoms with Crippen LogP contribution in [-0.2, 0) is 16.4 Å². The van der Waals surface area contributed by atoms with Crippen molar-refractivity contribution in [2.75, 3.05) is 12.3 Å². The van der Waals surface area contributed by atoms with Gasteiger partial charge in [-0.05, 0) is 19.9 Å². The van der Waals surface area contributed by atoms with Crippen molar-refractivity contribution in [3.05, 3.63) is 36.1 Å². The summed E-state index contributed by atoms with van der Waals surface area (Å²) in [4.78, 5) is 14.0. The highest BCUT2D eigenvalue weighted by Crippen LogP contribution is 2.22. The summed E-state index contributed by atoms with van der Waals surface area (Å²) in [6.45, 7) is 4.00. The third kappa shape index (κ3) is 2.93. The molecule has 1 aromatic carbocycles. The van der Waals surface area contributed by atoms with E-state index >= 15 is 0 Å². The van der Waals surface area contributed by atoms with E-state index in [2.05, 4.69) is 5.32 Å². The van der Waals surface area contributed by atoms with Gasteiger partial charge in [0.1, 0.15) is 5.58 Å². The van der Waals surface area contributed by atoms with Crippen molar-refractivity contribution in [1.82, 2.24) is 10.2 Å². The molecule has 3 rings (SSSR count). The van der Waals surface area contributed by atoms with E-state index in [1.807, 2.05) is 24.3 Å². The third-order valence-corrected chi connectivity index (χ3v) is 6.88.